The van der Waals surface area contributed by atoms with E-state index in [9.17, 15) is 23.1 Å². The minimum Gasteiger partial charge on any atom is -0.464 e. The molecule has 3 aromatic rings. The Hall–Kier alpha value is -3.03. The third-order valence-electron chi connectivity index (χ3n) is 6.88. The summed E-state index contributed by atoms with van der Waals surface area (Å²) in [4.78, 5) is 13.8. The highest BCUT2D eigenvalue weighted by Crippen LogP contribution is 2.40. The fourth-order valence-corrected chi connectivity index (χ4v) is 10.5. The van der Waals surface area contributed by atoms with Crippen LogP contribution in [0.1, 0.15) is 67.9 Å². The predicted octanol–water partition coefficient (Wildman–Crippen LogP) is 6.25. The van der Waals surface area contributed by atoms with Gasteiger partial charge in [-0.3, -0.25) is 9.48 Å². The monoisotopic (exact) mass is 598 g/mol. The SMILES string of the molecule is CC(C)[Si](On1c(=O)c(NC(O)OC(C)(C)C)cc2cn(Cc3ccc(OC(F)(F)F)cc3)nc21)(C(C)C)C(C)C. The van der Waals surface area contributed by atoms with Gasteiger partial charge in [0.1, 0.15) is 11.4 Å². The number of nitrogens with one attached hydrogen (secondary N) is 1. The molecule has 0 amide bonds. The molecule has 1 unspecified atom stereocenters. The lowest BCUT2D eigenvalue weighted by atomic mass is 10.2. The van der Waals surface area contributed by atoms with E-state index < -0.39 is 32.3 Å². The molecule has 0 spiro atoms. The van der Waals surface area contributed by atoms with E-state index in [0.29, 0.717) is 16.6 Å². The molecule has 2 heterocycles. The zero-order valence-corrected chi connectivity index (χ0v) is 26.0. The summed E-state index contributed by atoms with van der Waals surface area (Å²) in [5, 5.41) is 18.4. The van der Waals surface area contributed by atoms with Crippen molar-refractivity contribution in [3.63, 3.8) is 0 Å². The summed E-state index contributed by atoms with van der Waals surface area (Å²) in [6, 6.07) is 7.06. The fourth-order valence-electron chi connectivity index (χ4n) is 5.33. The number of alkyl halides is 3. The molecule has 0 aliphatic carbocycles. The van der Waals surface area contributed by atoms with E-state index in [1.54, 1.807) is 37.7 Å². The molecule has 0 aliphatic heterocycles. The van der Waals surface area contributed by atoms with Gasteiger partial charge in [0.25, 0.3) is 8.32 Å². The van der Waals surface area contributed by atoms with E-state index in [4.69, 9.17) is 9.26 Å². The molecule has 1 atom stereocenters. The molecule has 3 rings (SSSR count). The van der Waals surface area contributed by atoms with Gasteiger partial charge in [0, 0.05) is 11.6 Å². The average molecular weight is 599 g/mol. The summed E-state index contributed by atoms with van der Waals surface area (Å²) in [5.41, 5.74) is 0.328. The highest BCUT2D eigenvalue weighted by atomic mass is 28.4. The fraction of sp³-hybridized carbons (Fsp3) is 0.571. The second kappa shape index (κ2) is 12.1. The number of aliphatic hydroxyl groups is 1. The van der Waals surface area contributed by atoms with Gasteiger partial charge < -0.3 is 24.4 Å². The van der Waals surface area contributed by atoms with Crippen molar-refractivity contribution in [1.82, 2.24) is 14.5 Å². The number of aromatic nitrogens is 3. The molecule has 2 aromatic heterocycles. The number of hydrogen-bond acceptors (Lipinski definition) is 7. The second-order valence-electron chi connectivity index (χ2n) is 12.1. The first-order valence-electron chi connectivity index (χ1n) is 13.6. The quantitative estimate of drug-likeness (QED) is 0.199. The molecule has 0 fully saturated rings. The van der Waals surface area contributed by atoms with Crippen molar-refractivity contribution in [3.8, 4) is 5.75 Å². The maximum absolute atomic E-state index is 13.8. The van der Waals surface area contributed by atoms with E-state index in [1.165, 1.54) is 29.0 Å². The molecular weight excluding hydrogens is 557 g/mol. The first-order chi connectivity index (χ1) is 18.8. The van der Waals surface area contributed by atoms with Gasteiger partial charge in [-0.1, -0.05) is 53.7 Å². The van der Waals surface area contributed by atoms with Crippen LogP contribution in [0.2, 0.25) is 16.6 Å². The molecule has 41 heavy (non-hydrogen) atoms. The smallest absolute Gasteiger partial charge is 0.464 e. The molecule has 1 aromatic carbocycles. The lowest BCUT2D eigenvalue weighted by Crippen LogP contribution is -2.56. The van der Waals surface area contributed by atoms with Crippen molar-refractivity contribution in [2.75, 3.05) is 5.32 Å². The number of pyridine rings is 1. The summed E-state index contributed by atoms with van der Waals surface area (Å²) < 4.78 is 56.7. The predicted molar refractivity (Wildman–Crippen MR) is 154 cm³/mol. The van der Waals surface area contributed by atoms with Crippen LogP contribution in [-0.4, -0.2) is 46.3 Å². The number of fused-ring (bicyclic) bond motifs is 1. The second-order valence-corrected chi connectivity index (χ2v) is 17.4. The van der Waals surface area contributed by atoms with Gasteiger partial charge in [-0.05, 0) is 61.2 Å². The minimum atomic E-state index is -4.78. The standard InChI is InChI=1S/C28H41F3N4O5Si/c1-17(2)41(18(3)4,19(5)6)40-35-24-21(14-23(25(35)36)32-26(37)39-27(7,8)9)16-34(33-24)15-20-10-12-22(13-11-20)38-28(29,30)31/h10-14,16-19,26,32,37H,15H2,1-9H3. The topological polar surface area (TPSA) is 99.8 Å². The van der Waals surface area contributed by atoms with Crippen LogP contribution in [0.3, 0.4) is 0 Å². The van der Waals surface area contributed by atoms with Gasteiger partial charge in [0.05, 0.1) is 12.1 Å². The number of benzene rings is 1. The van der Waals surface area contributed by atoms with Gasteiger partial charge in [0.2, 0.25) is 6.41 Å². The van der Waals surface area contributed by atoms with Gasteiger partial charge in [-0.15, -0.1) is 17.9 Å². The maximum atomic E-state index is 13.8. The van der Waals surface area contributed by atoms with E-state index in [2.05, 4.69) is 56.7 Å². The van der Waals surface area contributed by atoms with Gasteiger partial charge >= 0.3 is 11.9 Å². The molecule has 0 saturated carbocycles. The minimum absolute atomic E-state index is 0.0709. The zero-order chi connectivity index (χ0) is 30.9. The largest absolute Gasteiger partial charge is 0.573 e. The Morgan fingerprint density at radius 1 is 1.00 bits per heavy atom. The van der Waals surface area contributed by atoms with Crippen molar-refractivity contribution in [1.29, 1.82) is 0 Å². The van der Waals surface area contributed by atoms with Crippen LogP contribution in [0.15, 0.2) is 41.3 Å². The number of anilines is 1. The molecule has 0 radical (unpaired) electrons. The number of nitrogens with zero attached hydrogens (tertiary/aromatic N) is 3. The van der Waals surface area contributed by atoms with Crippen LogP contribution in [0.5, 0.6) is 5.75 Å². The Kier molecular flexibility index (Phi) is 9.56. The molecule has 13 heteroatoms. The Labute approximate surface area is 239 Å². The van der Waals surface area contributed by atoms with Crippen LogP contribution >= 0.6 is 0 Å². The number of rotatable bonds is 11. The number of hydrogen-bond donors (Lipinski definition) is 2. The van der Waals surface area contributed by atoms with Crippen LogP contribution in [0.4, 0.5) is 18.9 Å². The van der Waals surface area contributed by atoms with Crippen LogP contribution in [0, 0.1) is 0 Å². The van der Waals surface area contributed by atoms with Crippen molar-refractivity contribution in [2.24, 2.45) is 0 Å². The third kappa shape index (κ3) is 7.83. The Morgan fingerprint density at radius 2 is 1.56 bits per heavy atom. The average Bonchev–Trinajstić information content (AvgIpc) is 3.19. The Morgan fingerprint density at radius 3 is 2.05 bits per heavy atom. The maximum Gasteiger partial charge on any atom is 0.573 e. The zero-order valence-electron chi connectivity index (χ0n) is 25.0. The summed E-state index contributed by atoms with van der Waals surface area (Å²) in [5.74, 6) is -0.321. The summed E-state index contributed by atoms with van der Waals surface area (Å²) in [7, 11) is -2.62. The van der Waals surface area contributed by atoms with E-state index in [0.717, 1.165) is 0 Å². The molecule has 0 bridgehead atoms. The van der Waals surface area contributed by atoms with Gasteiger partial charge in [0.15, 0.2) is 5.65 Å². The van der Waals surface area contributed by atoms with Crippen LogP contribution in [0.25, 0.3) is 11.0 Å². The Balaban J connectivity index is 2.10. The van der Waals surface area contributed by atoms with Crippen molar-refractivity contribution in [2.45, 2.75) is 104 Å². The van der Waals surface area contributed by atoms with E-state index >= 15 is 0 Å². The molecule has 228 valence electrons. The van der Waals surface area contributed by atoms with Crippen molar-refractivity contribution >= 4 is 25.0 Å². The van der Waals surface area contributed by atoms with Crippen LogP contribution in [-0.2, 0) is 11.3 Å². The highest BCUT2D eigenvalue weighted by molar-refractivity contribution is 6.77. The highest BCUT2D eigenvalue weighted by Gasteiger charge is 2.49. The lowest BCUT2D eigenvalue weighted by Gasteiger charge is -2.41. The molecular formula is C28H41F3N4O5Si. The lowest BCUT2D eigenvalue weighted by molar-refractivity contribution is -0.274. The molecule has 0 saturated heterocycles. The molecule has 2 N–H and O–H groups in total. The number of halogens is 3. The first kappa shape index (κ1) is 32.5. The summed E-state index contributed by atoms with van der Waals surface area (Å²) in [6.45, 7) is 18.2. The normalized spacial score (nSPS) is 13.9. The van der Waals surface area contributed by atoms with Crippen molar-refractivity contribution < 1.29 is 32.3 Å². The van der Waals surface area contributed by atoms with Crippen molar-refractivity contribution in [3.05, 3.63) is 52.4 Å². The molecule has 9 nitrogen and oxygen atoms in total. The summed E-state index contributed by atoms with van der Waals surface area (Å²) >= 11 is 0. The molecule has 0 aliphatic rings. The first-order valence-corrected chi connectivity index (χ1v) is 15.8. The summed E-state index contributed by atoms with van der Waals surface area (Å²) in [6.07, 6.45) is -4.52. The Bertz CT molecular complexity index is 1360. The van der Waals surface area contributed by atoms with Gasteiger partial charge in [-0.2, -0.15) is 5.10 Å². The van der Waals surface area contributed by atoms with E-state index in [-0.39, 0.29) is 34.6 Å². The van der Waals surface area contributed by atoms with E-state index in [1.807, 2.05) is 0 Å². The van der Waals surface area contributed by atoms with Gasteiger partial charge in [-0.25, -0.2) is 0 Å². The number of ether oxygens (including phenoxy) is 2. The van der Waals surface area contributed by atoms with Crippen LogP contribution < -0.4 is 20.1 Å². The third-order valence-corrected chi connectivity index (χ3v) is 12.8. The number of aliphatic hydroxyl groups excluding tert-OH is 1.